The van der Waals surface area contributed by atoms with Crippen LogP contribution in [0.25, 0.3) is 0 Å². The molecule has 0 aliphatic rings. The lowest BCUT2D eigenvalue weighted by Crippen LogP contribution is -2.11. The second kappa shape index (κ2) is 4.99. The van der Waals surface area contributed by atoms with E-state index in [1.807, 2.05) is 0 Å². The molecule has 1 heterocycles. The van der Waals surface area contributed by atoms with Crippen LogP contribution in [0.4, 0.5) is 10.1 Å². The number of aryl methyl sites for hydroxylation is 1. The highest BCUT2D eigenvalue weighted by atomic mass is 35.5. The van der Waals surface area contributed by atoms with E-state index in [1.54, 1.807) is 6.92 Å². The first kappa shape index (κ1) is 14.1. The highest BCUT2D eigenvalue weighted by Gasteiger charge is 2.20. The maximum Gasteiger partial charge on any atom is 0.271 e. The smallest absolute Gasteiger partial charge is 0.271 e. The first-order valence-corrected chi connectivity index (χ1v) is 7.74. The summed E-state index contributed by atoms with van der Waals surface area (Å²) in [6.45, 7) is 1.69. The van der Waals surface area contributed by atoms with Crippen molar-refractivity contribution in [1.29, 1.82) is 0 Å². The van der Waals surface area contributed by atoms with Crippen LogP contribution in [-0.4, -0.2) is 13.5 Å². The van der Waals surface area contributed by atoms with Gasteiger partial charge in [0.2, 0.25) is 0 Å². The van der Waals surface area contributed by atoms with Crippen LogP contribution in [0.5, 0.6) is 5.75 Å². The van der Waals surface area contributed by atoms with E-state index in [-0.39, 0.29) is 9.90 Å². The van der Waals surface area contributed by atoms with Crippen LogP contribution >= 0.6 is 22.9 Å². The van der Waals surface area contributed by atoms with Crippen molar-refractivity contribution in [2.45, 2.75) is 11.1 Å². The third-order valence-electron chi connectivity index (χ3n) is 2.30. The Bertz CT molecular complexity index is 708. The van der Waals surface area contributed by atoms with Gasteiger partial charge in [0.25, 0.3) is 10.0 Å². The number of phenolic OH excluding ortho intramolecular Hbond substituents is 1. The minimum Gasteiger partial charge on any atom is -0.506 e. The molecule has 2 aromatic rings. The molecule has 0 spiro atoms. The van der Waals surface area contributed by atoms with Crippen molar-refractivity contribution in [3.63, 3.8) is 0 Å². The minimum absolute atomic E-state index is 0.0266. The molecule has 8 heteroatoms. The number of hydrogen-bond acceptors (Lipinski definition) is 4. The quantitative estimate of drug-likeness (QED) is 0.852. The third kappa shape index (κ3) is 2.99. The van der Waals surface area contributed by atoms with Crippen LogP contribution in [0.1, 0.15) is 5.56 Å². The zero-order valence-corrected chi connectivity index (χ0v) is 12.0. The van der Waals surface area contributed by atoms with E-state index in [1.165, 1.54) is 6.07 Å². The molecular weight excluding hydrogens is 313 g/mol. The molecule has 0 aliphatic carbocycles. The van der Waals surface area contributed by atoms with Gasteiger partial charge < -0.3 is 5.11 Å². The average molecular weight is 322 g/mol. The molecule has 19 heavy (non-hydrogen) atoms. The lowest BCUT2D eigenvalue weighted by Gasteiger charge is -2.07. The fourth-order valence-electron chi connectivity index (χ4n) is 1.35. The zero-order valence-electron chi connectivity index (χ0n) is 9.65. The SMILES string of the molecule is Cc1cc(S(=O)(=O)Nc2ccc(F)cc2O)sc1Cl. The van der Waals surface area contributed by atoms with Crippen molar-refractivity contribution in [2.75, 3.05) is 4.72 Å². The summed E-state index contributed by atoms with van der Waals surface area (Å²) in [7, 11) is -3.85. The average Bonchev–Trinajstić information content (AvgIpc) is 2.64. The van der Waals surface area contributed by atoms with Crippen molar-refractivity contribution in [2.24, 2.45) is 0 Å². The number of thiophene rings is 1. The van der Waals surface area contributed by atoms with Gasteiger partial charge in [0.05, 0.1) is 10.0 Å². The Balaban J connectivity index is 2.36. The van der Waals surface area contributed by atoms with Crippen LogP contribution in [-0.2, 0) is 10.0 Å². The largest absolute Gasteiger partial charge is 0.506 e. The molecule has 0 saturated heterocycles. The van der Waals surface area contributed by atoms with Gasteiger partial charge in [0.1, 0.15) is 15.8 Å². The normalized spacial score (nSPS) is 11.5. The van der Waals surface area contributed by atoms with Gasteiger partial charge in [0, 0.05) is 6.07 Å². The Morgan fingerprint density at radius 3 is 2.58 bits per heavy atom. The number of anilines is 1. The molecule has 0 atom stereocenters. The van der Waals surface area contributed by atoms with Crippen molar-refractivity contribution in [1.82, 2.24) is 0 Å². The molecule has 2 rings (SSSR count). The van der Waals surface area contributed by atoms with Gasteiger partial charge >= 0.3 is 0 Å². The second-order valence-corrected chi connectivity index (χ2v) is 7.35. The van der Waals surface area contributed by atoms with Crippen molar-refractivity contribution < 1.29 is 17.9 Å². The highest BCUT2D eigenvalue weighted by Crippen LogP contribution is 2.32. The Morgan fingerprint density at radius 1 is 1.37 bits per heavy atom. The number of phenols is 1. The molecule has 4 nitrogen and oxygen atoms in total. The van der Waals surface area contributed by atoms with Crippen molar-refractivity contribution in [3.8, 4) is 5.75 Å². The second-order valence-electron chi connectivity index (χ2n) is 3.79. The van der Waals surface area contributed by atoms with Crippen molar-refractivity contribution >= 4 is 38.6 Å². The number of nitrogens with one attached hydrogen (secondary N) is 1. The van der Waals surface area contributed by atoms with Crippen LogP contribution in [0.3, 0.4) is 0 Å². The summed E-state index contributed by atoms with van der Waals surface area (Å²) in [5.41, 5.74) is 0.555. The van der Waals surface area contributed by atoms with E-state index in [9.17, 15) is 17.9 Å². The maximum atomic E-state index is 12.8. The summed E-state index contributed by atoms with van der Waals surface area (Å²) >= 11 is 6.73. The lowest BCUT2D eigenvalue weighted by molar-refractivity contribution is 0.471. The van der Waals surface area contributed by atoms with Crippen LogP contribution in [0, 0.1) is 12.7 Å². The van der Waals surface area contributed by atoms with Gasteiger partial charge in [-0.05, 0) is 30.7 Å². The van der Waals surface area contributed by atoms with Gasteiger partial charge in [-0.1, -0.05) is 11.6 Å². The van der Waals surface area contributed by atoms with E-state index in [0.717, 1.165) is 29.5 Å². The van der Waals surface area contributed by atoms with E-state index >= 15 is 0 Å². The molecule has 0 aliphatic heterocycles. The lowest BCUT2D eigenvalue weighted by atomic mass is 10.3. The van der Waals surface area contributed by atoms with Gasteiger partial charge in [-0.25, -0.2) is 12.8 Å². The maximum absolute atomic E-state index is 12.8. The Labute approximate surface area is 118 Å². The molecule has 1 aromatic carbocycles. The molecule has 2 N–H and O–H groups in total. The summed E-state index contributed by atoms with van der Waals surface area (Å²) < 4.78 is 39.5. The van der Waals surface area contributed by atoms with Gasteiger partial charge in [-0.3, -0.25) is 4.72 Å². The molecule has 1 aromatic heterocycles. The Morgan fingerprint density at radius 2 is 2.05 bits per heavy atom. The molecule has 0 bridgehead atoms. The predicted molar refractivity (Wildman–Crippen MR) is 72.9 cm³/mol. The first-order chi connectivity index (χ1) is 8.79. The third-order valence-corrected chi connectivity index (χ3v) is 5.70. The van der Waals surface area contributed by atoms with Crippen LogP contribution < -0.4 is 4.72 Å². The number of hydrogen-bond donors (Lipinski definition) is 2. The van der Waals surface area contributed by atoms with E-state index in [0.29, 0.717) is 9.90 Å². The molecular formula is C11H9ClFNO3S2. The summed E-state index contributed by atoms with van der Waals surface area (Å²) in [6.07, 6.45) is 0. The van der Waals surface area contributed by atoms with Crippen LogP contribution in [0.2, 0.25) is 4.34 Å². The Hall–Kier alpha value is -1.31. The topological polar surface area (TPSA) is 66.4 Å². The summed E-state index contributed by atoms with van der Waals surface area (Å²) in [6, 6.07) is 4.44. The van der Waals surface area contributed by atoms with E-state index < -0.39 is 21.6 Å². The van der Waals surface area contributed by atoms with Crippen molar-refractivity contribution in [3.05, 3.63) is 40.0 Å². The summed E-state index contributed by atoms with van der Waals surface area (Å²) in [5, 5.41) is 9.47. The zero-order chi connectivity index (χ0) is 14.2. The number of sulfonamides is 1. The van der Waals surface area contributed by atoms with Gasteiger partial charge in [-0.2, -0.15) is 0 Å². The molecule has 0 saturated carbocycles. The number of benzene rings is 1. The molecule has 0 amide bonds. The molecule has 0 fully saturated rings. The van der Waals surface area contributed by atoms with E-state index in [2.05, 4.69) is 4.72 Å². The summed E-state index contributed by atoms with van der Waals surface area (Å²) in [5.74, 6) is -1.14. The molecule has 102 valence electrons. The minimum atomic E-state index is -3.85. The highest BCUT2D eigenvalue weighted by molar-refractivity contribution is 7.94. The monoisotopic (exact) mass is 321 g/mol. The Kier molecular flexibility index (Phi) is 3.71. The fourth-order valence-corrected chi connectivity index (χ4v) is 4.13. The van der Waals surface area contributed by atoms with Gasteiger partial charge in [-0.15, -0.1) is 11.3 Å². The summed E-state index contributed by atoms with van der Waals surface area (Å²) in [4.78, 5) is 0. The fraction of sp³-hybridized carbons (Fsp3) is 0.0909. The standard InChI is InChI=1S/C11H9ClFNO3S2/c1-6-4-10(18-11(6)12)19(16,17)14-8-3-2-7(13)5-9(8)15/h2-5,14-15H,1H3. The molecule has 0 unspecified atom stereocenters. The number of aromatic hydroxyl groups is 1. The molecule has 0 radical (unpaired) electrons. The number of rotatable bonds is 3. The van der Waals surface area contributed by atoms with Crippen LogP contribution in [0.15, 0.2) is 28.5 Å². The van der Waals surface area contributed by atoms with E-state index in [4.69, 9.17) is 11.6 Å². The first-order valence-electron chi connectivity index (χ1n) is 5.07. The number of halogens is 2. The van der Waals surface area contributed by atoms with Gasteiger partial charge in [0.15, 0.2) is 0 Å². The predicted octanol–water partition coefficient (Wildman–Crippen LogP) is 3.36.